The van der Waals surface area contributed by atoms with E-state index in [9.17, 15) is 5.11 Å². The van der Waals surface area contributed by atoms with Crippen LogP contribution >= 0.6 is 10.0 Å². The molecule has 33 heavy (non-hydrogen) atoms. The molecular formula is C28H35NO3S. The first-order valence-electron chi connectivity index (χ1n) is 11.5. The fraction of sp³-hybridized carbons (Fsp3) is 0.357. The number of aliphatic hydroxyl groups excluding tert-OH is 1. The van der Waals surface area contributed by atoms with Crippen molar-refractivity contribution in [2.24, 2.45) is 0 Å². The van der Waals surface area contributed by atoms with Crippen LogP contribution in [0.1, 0.15) is 34.8 Å². The Balaban J connectivity index is 1.58. The Bertz CT molecular complexity index is 1030. The van der Waals surface area contributed by atoms with E-state index in [-0.39, 0.29) is 6.04 Å². The molecule has 0 unspecified atom stereocenters. The molecule has 5 heteroatoms. The molecule has 1 aliphatic carbocycles. The van der Waals surface area contributed by atoms with Crippen molar-refractivity contribution in [2.45, 2.75) is 38.2 Å². The SMILES string of the molecule is CS(C)(C)CN[C@@H]1CCc2c(ccc(OCc3ccccc3)c2OCc2ccccc2)[C@H]1O. The largest absolute Gasteiger partial charge is 0.485 e. The van der Waals surface area contributed by atoms with Gasteiger partial charge in [0, 0.05) is 17.5 Å². The third-order valence-corrected chi connectivity index (χ3v) is 6.94. The molecule has 0 spiro atoms. The molecule has 0 bridgehead atoms. The van der Waals surface area contributed by atoms with Gasteiger partial charge in [-0.05, 0) is 54.4 Å². The molecule has 0 heterocycles. The number of benzene rings is 3. The number of hydrogen-bond acceptors (Lipinski definition) is 4. The maximum absolute atomic E-state index is 11.2. The summed E-state index contributed by atoms with van der Waals surface area (Å²) in [4.78, 5) is 0. The Morgan fingerprint density at radius 2 is 1.45 bits per heavy atom. The van der Waals surface area contributed by atoms with E-state index in [1.54, 1.807) is 0 Å². The van der Waals surface area contributed by atoms with E-state index in [1.807, 2.05) is 48.5 Å². The van der Waals surface area contributed by atoms with Crippen LogP contribution in [0.3, 0.4) is 0 Å². The van der Waals surface area contributed by atoms with Gasteiger partial charge < -0.3 is 19.9 Å². The van der Waals surface area contributed by atoms with Crippen LogP contribution in [-0.4, -0.2) is 35.8 Å². The van der Waals surface area contributed by atoms with Crippen LogP contribution in [0.4, 0.5) is 0 Å². The van der Waals surface area contributed by atoms with Gasteiger partial charge in [0.25, 0.3) is 0 Å². The molecule has 0 fully saturated rings. The summed E-state index contributed by atoms with van der Waals surface area (Å²) >= 11 is 0. The van der Waals surface area contributed by atoms with Crippen molar-refractivity contribution in [1.82, 2.24) is 5.32 Å². The Labute approximate surface area is 199 Å². The van der Waals surface area contributed by atoms with E-state index in [1.165, 1.54) is 0 Å². The van der Waals surface area contributed by atoms with Gasteiger partial charge in [0.2, 0.25) is 0 Å². The molecule has 2 atom stereocenters. The summed E-state index contributed by atoms with van der Waals surface area (Å²) in [5.74, 6) is 2.43. The molecule has 3 aromatic rings. The summed E-state index contributed by atoms with van der Waals surface area (Å²) in [5, 5.41) is 14.8. The van der Waals surface area contributed by atoms with Crippen LogP contribution in [0.15, 0.2) is 72.8 Å². The summed E-state index contributed by atoms with van der Waals surface area (Å²) in [5.41, 5.74) is 4.22. The molecule has 1 aliphatic rings. The Kier molecular flexibility index (Phi) is 7.63. The molecular weight excluding hydrogens is 430 g/mol. The number of rotatable bonds is 9. The molecule has 2 N–H and O–H groups in total. The van der Waals surface area contributed by atoms with Gasteiger partial charge in [-0.3, -0.25) is 0 Å². The quantitative estimate of drug-likeness (QED) is 0.442. The van der Waals surface area contributed by atoms with Crippen molar-refractivity contribution in [2.75, 3.05) is 24.6 Å². The minimum Gasteiger partial charge on any atom is -0.485 e. The van der Waals surface area contributed by atoms with Gasteiger partial charge in [-0.25, -0.2) is 10.0 Å². The minimum atomic E-state index is -0.679. The first kappa shape index (κ1) is 23.7. The third-order valence-electron chi connectivity index (χ3n) is 5.91. The van der Waals surface area contributed by atoms with Crippen LogP contribution in [0.5, 0.6) is 11.5 Å². The number of fused-ring (bicyclic) bond motifs is 1. The zero-order valence-corrected chi connectivity index (χ0v) is 20.6. The van der Waals surface area contributed by atoms with Crippen molar-refractivity contribution < 1.29 is 14.6 Å². The maximum atomic E-state index is 11.2. The number of nitrogens with one attached hydrogen (secondary N) is 1. The van der Waals surface area contributed by atoms with Gasteiger partial charge in [0.05, 0.1) is 6.10 Å². The lowest BCUT2D eigenvalue weighted by molar-refractivity contribution is 0.116. The van der Waals surface area contributed by atoms with Gasteiger partial charge in [-0.15, -0.1) is 0 Å². The van der Waals surface area contributed by atoms with Crippen LogP contribution in [0.25, 0.3) is 0 Å². The van der Waals surface area contributed by atoms with Gasteiger partial charge in [0.1, 0.15) is 13.2 Å². The predicted molar refractivity (Wildman–Crippen MR) is 138 cm³/mol. The number of aliphatic hydroxyl groups is 1. The van der Waals surface area contributed by atoms with Gasteiger partial charge >= 0.3 is 0 Å². The van der Waals surface area contributed by atoms with Gasteiger partial charge in [0.15, 0.2) is 11.5 Å². The lowest BCUT2D eigenvalue weighted by atomic mass is 9.85. The molecule has 176 valence electrons. The number of ether oxygens (including phenoxy) is 2. The normalized spacial score (nSPS) is 18.4. The van der Waals surface area contributed by atoms with Crippen molar-refractivity contribution in [3.63, 3.8) is 0 Å². The third kappa shape index (κ3) is 6.32. The molecule has 0 saturated heterocycles. The van der Waals surface area contributed by atoms with Gasteiger partial charge in [-0.2, -0.15) is 0 Å². The summed E-state index contributed by atoms with van der Waals surface area (Å²) in [6, 6.07) is 24.3. The highest BCUT2D eigenvalue weighted by Gasteiger charge is 2.31. The average Bonchev–Trinajstić information content (AvgIpc) is 2.82. The Hall–Kier alpha value is -2.47. The van der Waals surface area contributed by atoms with E-state index in [4.69, 9.17) is 9.47 Å². The van der Waals surface area contributed by atoms with E-state index in [2.05, 4.69) is 48.3 Å². The van der Waals surface area contributed by atoms with E-state index in [0.717, 1.165) is 52.5 Å². The maximum Gasteiger partial charge on any atom is 0.165 e. The minimum absolute atomic E-state index is 0.0577. The topological polar surface area (TPSA) is 50.7 Å². The second-order valence-corrected chi connectivity index (χ2v) is 14.0. The van der Waals surface area contributed by atoms with Crippen molar-refractivity contribution >= 4 is 10.0 Å². The summed E-state index contributed by atoms with van der Waals surface area (Å²) < 4.78 is 12.6. The second kappa shape index (κ2) is 10.6. The Morgan fingerprint density at radius 1 is 0.848 bits per heavy atom. The fourth-order valence-electron chi connectivity index (χ4n) is 4.14. The molecule has 3 aromatic carbocycles. The van der Waals surface area contributed by atoms with Crippen LogP contribution in [-0.2, 0) is 19.6 Å². The molecule has 0 radical (unpaired) electrons. The van der Waals surface area contributed by atoms with Crippen LogP contribution in [0.2, 0.25) is 0 Å². The van der Waals surface area contributed by atoms with Crippen LogP contribution < -0.4 is 14.8 Å². The zero-order chi connectivity index (χ0) is 23.3. The smallest absolute Gasteiger partial charge is 0.165 e. The van der Waals surface area contributed by atoms with Crippen LogP contribution in [0, 0.1) is 0 Å². The van der Waals surface area contributed by atoms with Crippen molar-refractivity contribution in [3.05, 3.63) is 95.1 Å². The highest BCUT2D eigenvalue weighted by Crippen LogP contribution is 2.42. The monoisotopic (exact) mass is 465 g/mol. The predicted octanol–water partition coefficient (Wildman–Crippen LogP) is 5.43. The molecule has 4 rings (SSSR count). The fourth-order valence-corrected chi connectivity index (χ4v) is 4.85. The summed E-state index contributed by atoms with van der Waals surface area (Å²) in [6.45, 7) is 0.937. The Morgan fingerprint density at radius 3 is 2.06 bits per heavy atom. The second-order valence-electron chi connectivity index (χ2n) is 9.54. The lowest BCUT2D eigenvalue weighted by Gasteiger charge is -2.35. The lowest BCUT2D eigenvalue weighted by Crippen LogP contribution is -2.40. The average molecular weight is 466 g/mol. The summed E-state index contributed by atoms with van der Waals surface area (Å²) in [7, 11) is -0.679. The number of hydrogen-bond donors (Lipinski definition) is 2. The van der Waals surface area contributed by atoms with Crippen molar-refractivity contribution in [3.8, 4) is 11.5 Å². The van der Waals surface area contributed by atoms with E-state index >= 15 is 0 Å². The van der Waals surface area contributed by atoms with Gasteiger partial charge in [-0.1, -0.05) is 66.7 Å². The summed E-state index contributed by atoms with van der Waals surface area (Å²) in [6.07, 6.45) is 8.01. The zero-order valence-electron chi connectivity index (χ0n) is 19.8. The first-order valence-corrected chi connectivity index (χ1v) is 14.5. The molecule has 0 amide bonds. The first-order chi connectivity index (χ1) is 15.9. The van der Waals surface area contributed by atoms with Crippen molar-refractivity contribution in [1.29, 1.82) is 0 Å². The van der Waals surface area contributed by atoms with E-state index < -0.39 is 16.1 Å². The molecule has 0 saturated carbocycles. The van der Waals surface area contributed by atoms with E-state index in [0.29, 0.717) is 13.2 Å². The molecule has 0 aromatic heterocycles. The molecule has 0 aliphatic heterocycles. The standard InChI is InChI=1S/C28H35NO3S/c1-33(2,3)20-29-25-16-14-24-23(27(25)30)15-17-26(31-18-21-10-6-4-7-11-21)28(24)32-19-22-12-8-5-9-13-22/h4-13,15,17,25,27,29-30H,14,16,18-20H2,1-3H3/t25-,27-/m1/s1. The highest BCUT2D eigenvalue weighted by atomic mass is 32.3. The highest BCUT2D eigenvalue weighted by molar-refractivity contribution is 8.32. The molecule has 4 nitrogen and oxygen atoms in total.